The third-order valence-corrected chi connectivity index (χ3v) is 4.90. The van der Waals surface area contributed by atoms with E-state index in [1.807, 2.05) is 35.2 Å². The Morgan fingerprint density at radius 1 is 1.20 bits per heavy atom. The molecule has 1 amide bonds. The first-order valence-electron chi connectivity index (χ1n) is 8.79. The average Bonchev–Trinajstić information content (AvgIpc) is 2.65. The highest BCUT2D eigenvalue weighted by molar-refractivity contribution is 5.94. The number of aryl methyl sites for hydroxylation is 1. The molecular formula is C21H26N2O2. The molecule has 0 aliphatic carbocycles. The van der Waals surface area contributed by atoms with Crippen LogP contribution in [0.2, 0.25) is 0 Å². The zero-order chi connectivity index (χ0) is 17.8. The third kappa shape index (κ3) is 3.85. The van der Waals surface area contributed by atoms with Gasteiger partial charge in [-0.05, 0) is 56.3 Å². The number of anilines is 1. The molecule has 0 N–H and O–H groups in total. The molecule has 2 aromatic rings. The number of amides is 1. The molecule has 0 saturated heterocycles. The second kappa shape index (κ2) is 7.70. The lowest BCUT2D eigenvalue weighted by atomic mass is 9.95. The van der Waals surface area contributed by atoms with Crippen LogP contribution in [0.1, 0.15) is 30.0 Å². The second-order valence-electron chi connectivity index (χ2n) is 6.72. The molecule has 0 fully saturated rings. The average molecular weight is 338 g/mol. The lowest BCUT2D eigenvalue weighted by Crippen LogP contribution is -2.39. The quantitative estimate of drug-likeness (QED) is 0.834. The van der Waals surface area contributed by atoms with Crippen molar-refractivity contribution in [1.82, 2.24) is 4.90 Å². The minimum Gasteiger partial charge on any atom is -0.497 e. The predicted octanol–water partition coefficient (Wildman–Crippen LogP) is 3.67. The van der Waals surface area contributed by atoms with Gasteiger partial charge in [-0.1, -0.05) is 30.3 Å². The Kier molecular flexibility index (Phi) is 5.39. The zero-order valence-electron chi connectivity index (χ0n) is 15.2. The van der Waals surface area contributed by atoms with Gasteiger partial charge in [-0.2, -0.15) is 0 Å². The first-order chi connectivity index (χ1) is 12.1. The van der Waals surface area contributed by atoms with E-state index in [0.29, 0.717) is 12.5 Å². The summed E-state index contributed by atoms with van der Waals surface area (Å²) >= 11 is 0. The number of hydrogen-bond donors (Lipinski definition) is 0. The van der Waals surface area contributed by atoms with Crippen LogP contribution >= 0.6 is 0 Å². The van der Waals surface area contributed by atoms with Gasteiger partial charge >= 0.3 is 0 Å². The van der Waals surface area contributed by atoms with E-state index in [1.54, 1.807) is 7.11 Å². The van der Waals surface area contributed by atoms with Crippen LogP contribution in [0, 0.1) is 0 Å². The normalized spacial score (nSPS) is 16.6. The molecular weight excluding hydrogens is 312 g/mol. The molecule has 132 valence electrons. The highest BCUT2D eigenvalue weighted by atomic mass is 16.5. The number of fused-ring (bicyclic) bond motifs is 1. The maximum absolute atomic E-state index is 12.8. The monoisotopic (exact) mass is 338 g/mol. The van der Waals surface area contributed by atoms with Crippen molar-refractivity contribution in [2.75, 3.05) is 32.6 Å². The molecule has 1 aliphatic heterocycles. The number of methoxy groups -OCH3 is 1. The Morgan fingerprint density at radius 2 is 2.00 bits per heavy atom. The van der Waals surface area contributed by atoms with Crippen molar-refractivity contribution < 1.29 is 9.53 Å². The van der Waals surface area contributed by atoms with Gasteiger partial charge < -0.3 is 14.5 Å². The zero-order valence-corrected chi connectivity index (χ0v) is 15.2. The van der Waals surface area contributed by atoms with Gasteiger partial charge in [-0.25, -0.2) is 0 Å². The number of carbonyl (C=O) groups is 1. The second-order valence-corrected chi connectivity index (χ2v) is 6.72. The van der Waals surface area contributed by atoms with Crippen molar-refractivity contribution >= 4 is 11.6 Å². The number of carbonyl (C=O) groups excluding carboxylic acids is 1. The fourth-order valence-electron chi connectivity index (χ4n) is 3.55. The van der Waals surface area contributed by atoms with E-state index in [1.165, 1.54) is 5.56 Å². The summed E-state index contributed by atoms with van der Waals surface area (Å²) in [6.45, 7) is 0.775. The summed E-state index contributed by atoms with van der Waals surface area (Å²) in [6.07, 6.45) is 2.20. The molecule has 1 aliphatic rings. The van der Waals surface area contributed by atoms with Crippen molar-refractivity contribution in [3.8, 4) is 5.75 Å². The van der Waals surface area contributed by atoms with E-state index in [0.717, 1.165) is 36.4 Å². The van der Waals surface area contributed by atoms with Gasteiger partial charge in [0.15, 0.2) is 0 Å². The summed E-state index contributed by atoms with van der Waals surface area (Å²) in [5.41, 5.74) is 3.43. The molecule has 0 bridgehead atoms. The summed E-state index contributed by atoms with van der Waals surface area (Å²) in [7, 11) is 5.86. The topological polar surface area (TPSA) is 32.8 Å². The summed E-state index contributed by atoms with van der Waals surface area (Å²) in [6, 6.07) is 16.6. The lowest BCUT2D eigenvalue weighted by Gasteiger charge is -2.37. The number of ether oxygens (including phenoxy) is 1. The van der Waals surface area contributed by atoms with Gasteiger partial charge in [0.05, 0.1) is 7.11 Å². The molecule has 1 heterocycles. The van der Waals surface area contributed by atoms with Crippen molar-refractivity contribution in [1.29, 1.82) is 0 Å². The van der Waals surface area contributed by atoms with E-state index in [9.17, 15) is 4.79 Å². The van der Waals surface area contributed by atoms with E-state index in [2.05, 4.69) is 37.2 Å². The van der Waals surface area contributed by atoms with Gasteiger partial charge in [0.1, 0.15) is 5.75 Å². The standard InChI is InChI=1S/C21H26N2O2/c1-22(2)19-13-14-23(20-10-5-4-9-18(19)20)21(24)12-11-16-7-6-8-17(15-16)25-3/h4-10,15,19H,11-14H2,1-3H3. The minimum atomic E-state index is 0.187. The van der Waals surface area contributed by atoms with Crippen LogP contribution in [0.3, 0.4) is 0 Å². The molecule has 4 heteroatoms. The van der Waals surface area contributed by atoms with Crippen LogP contribution in [-0.4, -0.2) is 38.6 Å². The van der Waals surface area contributed by atoms with Crippen LogP contribution in [0.15, 0.2) is 48.5 Å². The number of para-hydroxylation sites is 1. The summed E-state index contributed by atoms with van der Waals surface area (Å²) in [4.78, 5) is 17.0. The Balaban J connectivity index is 1.73. The first-order valence-corrected chi connectivity index (χ1v) is 8.79. The fourth-order valence-corrected chi connectivity index (χ4v) is 3.55. The number of rotatable bonds is 5. The maximum atomic E-state index is 12.8. The first kappa shape index (κ1) is 17.5. The Morgan fingerprint density at radius 3 is 2.76 bits per heavy atom. The number of hydrogen-bond acceptors (Lipinski definition) is 3. The number of nitrogens with zero attached hydrogens (tertiary/aromatic N) is 2. The van der Waals surface area contributed by atoms with Crippen molar-refractivity contribution in [3.05, 3.63) is 59.7 Å². The van der Waals surface area contributed by atoms with Crippen LogP contribution in [0.25, 0.3) is 0 Å². The van der Waals surface area contributed by atoms with Crippen LogP contribution in [0.4, 0.5) is 5.69 Å². The van der Waals surface area contributed by atoms with E-state index in [-0.39, 0.29) is 5.91 Å². The Bertz CT molecular complexity index is 742. The SMILES string of the molecule is COc1cccc(CCC(=O)N2CCC(N(C)C)c3ccccc32)c1. The molecule has 25 heavy (non-hydrogen) atoms. The Labute approximate surface area is 150 Å². The van der Waals surface area contributed by atoms with Crippen LogP contribution < -0.4 is 9.64 Å². The van der Waals surface area contributed by atoms with Gasteiger partial charge in [0.25, 0.3) is 0 Å². The smallest absolute Gasteiger partial charge is 0.227 e. The van der Waals surface area contributed by atoms with Gasteiger partial charge in [-0.3, -0.25) is 4.79 Å². The van der Waals surface area contributed by atoms with Crippen molar-refractivity contribution in [3.63, 3.8) is 0 Å². The van der Waals surface area contributed by atoms with Gasteiger partial charge in [-0.15, -0.1) is 0 Å². The molecule has 0 aromatic heterocycles. The van der Waals surface area contributed by atoms with E-state index >= 15 is 0 Å². The molecule has 0 radical (unpaired) electrons. The minimum absolute atomic E-state index is 0.187. The molecule has 0 saturated carbocycles. The van der Waals surface area contributed by atoms with Crippen LogP contribution in [-0.2, 0) is 11.2 Å². The molecule has 0 spiro atoms. The highest BCUT2D eigenvalue weighted by Gasteiger charge is 2.29. The maximum Gasteiger partial charge on any atom is 0.227 e. The highest BCUT2D eigenvalue weighted by Crippen LogP contribution is 2.36. The third-order valence-electron chi connectivity index (χ3n) is 4.90. The summed E-state index contributed by atoms with van der Waals surface area (Å²) < 4.78 is 5.26. The van der Waals surface area contributed by atoms with E-state index in [4.69, 9.17) is 4.74 Å². The molecule has 3 rings (SSSR count). The van der Waals surface area contributed by atoms with E-state index < -0.39 is 0 Å². The molecule has 2 aromatic carbocycles. The Hall–Kier alpha value is -2.33. The van der Waals surface area contributed by atoms with Crippen molar-refractivity contribution in [2.45, 2.75) is 25.3 Å². The fraction of sp³-hybridized carbons (Fsp3) is 0.381. The van der Waals surface area contributed by atoms with Gasteiger partial charge in [0.2, 0.25) is 5.91 Å². The molecule has 4 nitrogen and oxygen atoms in total. The van der Waals surface area contributed by atoms with Crippen molar-refractivity contribution in [2.24, 2.45) is 0 Å². The summed E-state index contributed by atoms with van der Waals surface area (Å²) in [5, 5.41) is 0. The summed E-state index contributed by atoms with van der Waals surface area (Å²) in [5.74, 6) is 1.02. The predicted molar refractivity (Wildman–Crippen MR) is 101 cm³/mol. The van der Waals surface area contributed by atoms with Crippen LogP contribution in [0.5, 0.6) is 5.75 Å². The largest absolute Gasteiger partial charge is 0.497 e. The molecule has 1 unspecified atom stereocenters. The number of benzene rings is 2. The lowest BCUT2D eigenvalue weighted by molar-refractivity contribution is -0.118. The van der Waals surface area contributed by atoms with Gasteiger partial charge in [0, 0.05) is 24.7 Å². The molecule has 1 atom stereocenters.